The number of oxime groups is 1. The van der Waals surface area contributed by atoms with Crippen LogP contribution in [0.1, 0.15) is 11.1 Å². The van der Waals surface area contributed by atoms with Gasteiger partial charge < -0.3 is 9.57 Å². The van der Waals surface area contributed by atoms with E-state index in [2.05, 4.69) is 5.16 Å². The van der Waals surface area contributed by atoms with E-state index in [0.717, 1.165) is 16.9 Å². The van der Waals surface area contributed by atoms with Crippen molar-refractivity contribution in [2.24, 2.45) is 5.16 Å². The van der Waals surface area contributed by atoms with Gasteiger partial charge >= 0.3 is 0 Å². The molecule has 0 saturated carbocycles. The van der Waals surface area contributed by atoms with Gasteiger partial charge in [-0.2, -0.15) is 0 Å². The molecule has 0 aliphatic heterocycles. The number of benzene rings is 2. The molecular formula is C15H14ClNO2. The average Bonchev–Trinajstić information content (AvgIpc) is 2.46. The molecule has 0 amide bonds. The van der Waals surface area contributed by atoms with Crippen LogP contribution in [-0.4, -0.2) is 13.3 Å². The minimum absolute atomic E-state index is 0.404. The topological polar surface area (TPSA) is 30.8 Å². The predicted molar refractivity (Wildman–Crippen MR) is 76.8 cm³/mol. The Kier molecular flexibility index (Phi) is 4.81. The molecule has 0 aliphatic carbocycles. The van der Waals surface area contributed by atoms with Crippen molar-refractivity contribution in [3.05, 3.63) is 64.7 Å². The van der Waals surface area contributed by atoms with Crippen molar-refractivity contribution in [2.45, 2.75) is 6.61 Å². The molecule has 0 N–H and O–H groups in total. The van der Waals surface area contributed by atoms with Gasteiger partial charge in [0, 0.05) is 5.02 Å². The van der Waals surface area contributed by atoms with E-state index in [4.69, 9.17) is 21.2 Å². The van der Waals surface area contributed by atoms with Gasteiger partial charge in [-0.05, 0) is 35.4 Å². The van der Waals surface area contributed by atoms with Crippen LogP contribution >= 0.6 is 11.6 Å². The first-order valence-corrected chi connectivity index (χ1v) is 6.19. The zero-order valence-electron chi connectivity index (χ0n) is 10.5. The van der Waals surface area contributed by atoms with Crippen LogP contribution in [0.2, 0.25) is 5.02 Å². The fourth-order valence-corrected chi connectivity index (χ4v) is 1.65. The highest BCUT2D eigenvalue weighted by Gasteiger charge is 1.95. The van der Waals surface area contributed by atoms with Gasteiger partial charge in [-0.15, -0.1) is 0 Å². The predicted octanol–water partition coefficient (Wildman–Crippen LogP) is 3.90. The van der Waals surface area contributed by atoms with Crippen molar-refractivity contribution in [1.82, 2.24) is 0 Å². The molecule has 0 bridgehead atoms. The minimum Gasteiger partial charge on any atom is -0.497 e. The Morgan fingerprint density at radius 1 is 1.16 bits per heavy atom. The maximum absolute atomic E-state index is 5.79. The summed E-state index contributed by atoms with van der Waals surface area (Å²) in [5, 5.41) is 4.62. The van der Waals surface area contributed by atoms with Gasteiger partial charge in [0.2, 0.25) is 0 Å². The van der Waals surface area contributed by atoms with E-state index in [9.17, 15) is 0 Å². The van der Waals surface area contributed by atoms with Crippen molar-refractivity contribution in [3.8, 4) is 5.75 Å². The van der Waals surface area contributed by atoms with Gasteiger partial charge in [-0.1, -0.05) is 41.0 Å². The molecule has 4 heteroatoms. The van der Waals surface area contributed by atoms with E-state index in [1.165, 1.54) is 0 Å². The molecule has 0 spiro atoms. The third-order valence-electron chi connectivity index (χ3n) is 2.51. The third kappa shape index (κ3) is 4.30. The lowest BCUT2D eigenvalue weighted by Crippen LogP contribution is -1.90. The highest BCUT2D eigenvalue weighted by Crippen LogP contribution is 2.13. The molecule has 0 radical (unpaired) electrons. The van der Waals surface area contributed by atoms with Gasteiger partial charge in [-0.25, -0.2) is 0 Å². The first kappa shape index (κ1) is 13.4. The van der Waals surface area contributed by atoms with Gasteiger partial charge in [0.05, 0.1) is 13.3 Å². The summed E-state index contributed by atoms with van der Waals surface area (Å²) in [5.41, 5.74) is 1.95. The summed E-state index contributed by atoms with van der Waals surface area (Å²) in [6.45, 7) is 0.404. The third-order valence-corrected chi connectivity index (χ3v) is 2.76. The molecule has 2 aromatic carbocycles. The van der Waals surface area contributed by atoms with Crippen molar-refractivity contribution >= 4 is 17.8 Å². The first-order valence-electron chi connectivity index (χ1n) is 5.82. The highest BCUT2D eigenvalue weighted by atomic mass is 35.5. The molecular weight excluding hydrogens is 262 g/mol. The molecule has 19 heavy (non-hydrogen) atoms. The molecule has 0 fully saturated rings. The standard InChI is InChI=1S/C15H14ClNO2/c1-18-15-4-2-3-13(9-15)11-19-17-10-12-5-7-14(16)8-6-12/h2-10H,11H2,1H3. The molecule has 0 aliphatic rings. The quantitative estimate of drug-likeness (QED) is 0.612. The fourth-order valence-electron chi connectivity index (χ4n) is 1.52. The van der Waals surface area contributed by atoms with Crippen LogP contribution in [0.3, 0.4) is 0 Å². The monoisotopic (exact) mass is 275 g/mol. The van der Waals surface area contributed by atoms with Crippen LogP contribution in [0, 0.1) is 0 Å². The molecule has 3 nitrogen and oxygen atoms in total. The zero-order chi connectivity index (χ0) is 13.5. The van der Waals surface area contributed by atoms with E-state index in [1.807, 2.05) is 48.5 Å². The van der Waals surface area contributed by atoms with Crippen LogP contribution in [0.15, 0.2) is 53.7 Å². The molecule has 0 atom stereocenters. The van der Waals surface area contributed by atoms with E-state index < -0.39 is 0 Å². The highest BCUT2D eigenvalue weighted by molar-refractivity contribution is 6.30. The summed E-state index contributed by atoms with van der Waals surface area (Å²) >= 11 is 5.79. The Bertz CT molecular complexity index is 552. The molecule has 0 aromatic heterocycles. The van der Waals surface area contributed by atoms with Crippen LogP contribution in [0.25, 0.3) is 0 Å². The lowest BCUT2D eigenvalue weighted by molar-refractivity contribution is 0.132. The van der Waals surface area contributed by atoms with Gasteiger partial charge in [0.15, 0.2) is 0 Å². The van der Waals surface area contributed by atoms with Gasteiger partial charge in [0.1, 0.15) is 12.4 Å². The van der Waals surface area contributed by atoms with Crippen molar-refractivity contribution < 1.29 is 9.57 Å². The number of ether oxygens (including phenoxy) is 1. The van der Waals surface area contributed by atoms with E-state index >= 15 is 0 Å². The Labute approximate surface area is 117 Å². The largest absolute Gasteiger partial charge is 0.497 e. The van der Waals surface area contributed by atoms with Crippen molar-refractivity contribution in [1.29, 1.82) is 0 Å². The molecule has 0 saturated heterocycles. The fraction of sp³-hybridized carbons (Fsp3) is 0.133. The Morgan fingerprint density at radius 2 is 1.95 bits per heavy atom. The maximum Gasteiger partial charge on any atom is 0.142 e. The lowest BCUT2D eigenvalue weighted by atomic mass is 10.2. The van der Waals surface area contributed by atoms with Crippen LogP contribution in [-0.2, 0) is 11.4 Å². The number of hydrogen-bond acceptors (Lipinski definition) is 3. The van der Waals surface area contributed by atoms with Crippen LogP contribution in [0.5, 0.6) is 5.75 Å². The summed E-state index contributed by atoms with van der Waals surface area (Å²) in [5.74, 6) is 0.808. The lowest BCUT2D eigenvalue weighted by Gasteiger charge is -2.03. The molecule has 0 heterocycles. The number of methoxy groups -OCH3 is 1. The van der Waals surface area contributed by atoms with E-state index in [-0.39, 0.29) is 0 Å². The summed E-state index contributed by atoms with van der Waals surface area (Å²) < 4.78 is 5.14. The molecule has 2 rings (SSSR count). The van der Waals surface area contributed by atoms with Crippen LogP contribution < -0.4 is 4.74 Å². The SMILES string of the molecule is COc1cccc(CON=Cc2ccc(Cl)cc2)c1. The zero-order valence-corrected chi connectivity index (χ0v) is 11.3. The summed E-state index contributed by atoms with van der Waals surface area (Å²) in [6, 6.07) is 15.1. The summed E-state index contributed by atoms with van der Waals surface area (Å²) in [4.78, 5) is 5.23. The average molecular weight is 276 g/mol. The number of halogens is 1. The summed E-state index contributed by atoms with van der Waals surface area (Å²) in [7, 11) is 1.64. The van der Waals surface area contributed by atoms with Crippen molar-refractivity contribution in [2.75, 3.05) is 7.11 Å². The van der Waals surface area contributed by atoms with Crippen molar-refractivity contribution in [3.63, 3.8) is 0 Å². The second-order valence-corrected chi connectivity index (χ2v) is 4.35. The number of rotatable bonds is 5. The van der Waals surface area contributed by atoms with E-state index in [1.54, 1.807) is 13.3 Å². The smallest absolute Gasteiger partial charge is 0.142 e. The second-order valence-electron chi connectivity index (χ2n) is 3.91. The van der Waals surface area contributed by atoms with Crippen LogP contribution in [0.4, 0.5) is 0 Å². The Hall–Kier alpha value is -2.00. The summed E-state index contributed by atoms with van der Waals surface area (Å²) in [6.07, 6.45) is 1.65. The number of nitrogens with zero attached hydrogens (tertiary/aromatic N) is 1. The second kappa shape index (κ2) is 6.81. The van der Waals surface area contributed by atoms with Gasteiger partial charge in [-0.3, -0.25) is 0 Å². The number of hydrogen-bond donors (Lipinski definition) is 0. The molecule has 0 unspecified atom stereocenters. The molecule has 98 valence electrons. The normalized spacial score (nSPS) is 10.6. The minimum atomic E-state index is 0.404. The Balaban J connectivity index is 1.87. The van der Waals surface area contributed by atoms with Gasteiger partial charge in [0.25, 0.3) is 0 Å². The molecule has 2 aromatic rings. The maximum atomic E-state index is 5.79. The first-order chi connectivity index (χ1) is 9.28. The van der Waals surface area contributed by atoms with E-state index in [0.29, 0.717) is 11.6 Å². The Morgan fingerprint density at radius 3 is 2.68 bits per heavy atom.